The van der Waals surface area contributed by atoms with E-state index in [1.165, 1.54) is 57.7 Å². The van der Waals surface area contributed by atoms with Gasteiger partial charge in [0.25, 0.3) is 6.08 Å². The molecule has 7 heteroatoms. The van der Waals surface area contributed by atoms with E-state index in [0.717, 1.165) is 11.1 Å². The Morgan fingerprint density at radius 2 is 1.77 bits per heavy atom. The molecule has 0 bridgehead atoms. The highest BCUT2D eigenvalue weighted by atomic mass is 19.3. The van der Waals surface area contributed by atoms with Crippen LogP contribution in [-0.4, -0.2) is 20.9 Å². The quantitative estimate of drug-likeness (QED) is 0.822. The van der Waals surface area contributed by atoms with Gasteiger partial charge in [0.2, 0.25) is 0 Å². The molecule has 0 amide bonds. The van der Waals surface area contributed by atoms with Gasteiger partial charge in [-0.2, -0.15) is 13.9 Å². The summed E-state index contributed by atoms with van der Waals surface area (Å²) in [4.78, 5) is 12.7. The minimum atomic E-state index is -1.83. The summed E-state index contributed by atoms with van der Waals surface area (Å²) in [6, 6.07) is 0. The first-order valence-electron chi connectivity index (χ1n) is 9.73. The first kappa shape index (κ1) is 20.8. The monoisotopic (exact) mass is 370 g/mol. The van der Waals surface area contributed by atoms with E-state index in [1.807, 2.05) is 13.8 Å². The fourth-order valence-electron chi connectivity index (χ4n) is 3.97. The van der Waals surface area contributed by atoms with E-state index in [1.54, 1.807) is 4.57 Å². The fourth-order valence-corrected chi connectivity index (χ4v) is 3.97. The van der Waals surface area contributed by atoms with Crippen molar-refractivity contribution >= 4 is 0 Å². The zero-order valence-electron chi connectivity index (χ0n) is 16.0. The van der Waals surface area contributed by atoms with Crippen LogP contribution in [0.1, 0.15) is 71.6 Å². The van der Waals surface area contributed by atoms with Crippen molar-refractivity contribution in [2.75, 3.05) is 6.54 Å². The largest absolute Gasteiger partial charge is 0.346 e. The minimum Gasteiger partial charge on any atom is -0.327 e. The van der Waals surface area contributed by atoms with Crippen LogP contribution in [0.25, 0.3) is 0 Å². The molecule has 0 spiro atoms. The van der Waals surface area contributed by atoms with Crippen LogP contribution < -0.4 is 11.4 Å². The van der Waals surface area contributed by atoms with E-state index in [-0.39, 0.29) is 24.4 Å². The summed E-state index contributed by atoms with van der Waals surface area (Å²) in [7, 11) is 0. The summed E-state index contributed by atoms with van der Waals surface area (Å²) in [5, 5.41) is 4.04. The maximum absolute atomic E-state index is 12.8. The van der Waals surface area contributed by atoms with Gasteiger partial charge >= 0.3 is 5.69 Å². The van der Waals surface area contributed by atoms with Gasteiger partial charge in [0.15, 0.2) is 0 Å². The number of halogens is 2. The first-order chi connectivity index (χ1) is 12.3. The molecule has 1 heterocycles. The van der Waals surface area contributed by atoms with Crippen LogP contribution in [0.2, 0.25) is 0 Å². The molecule has 0 saturated heterocycles. The van der Waals surface area contributed by atoms with Gasteiger partial charge < -0.3 is 5.73 Å². The second-order valence-electron chi connectivity index (χ2n) is 8.09. The summed E-state index contributed by atoms with van der Waals surface area (Å²) in [6.07, 6.45) is 10.6. The van der Waals surface area contributed by atoms with Crippen molar-refractivity contribution in [3.8, 4) is 0 Å². The van der Waals surface area contributed by atoms with Crippen LogP contribution in [-0.2, 0) is 12.1 Å². The summed E-state index contributed by atoms with van der Waals surface area (Å²) < 4.78 is 28.3. The second-order valence-corrected chi connectivity index (χ2v) is 8.09. The number of hydrogen-bond acceptors (Lipinski definition) is 3. The third-order valence-electron chi connectivity index (χ3n) is 5.50. The molecular formula is C19H32F2N4O. The highest BCUT2D eigenvalue weighted by molar-refractivity contribution is 5.04. The molecule has 0 aliphatic heterocycles. The molecule has 0 radical (unpaired) electrons. The van der Waals surface area contributed by atoms with Gasteiger partial charge in [0.05, 0.1) is 6.54 Å². The summed E-state index contributed by atoms with van der Waals surface area (Å²) in [6.45, 7) is 3.52. The van der Waals surface area contributed by atoms with Gasteiger partial charge in [-0.25, -0.2) is 9.48 Å². The van der Waals surface area contributed by atoms with Crippen LogP contribution in [0.15, 0.2) is 22.8 Å². The van der Waals surface area contributed by atoms with Crippen molar-refractivity contribution in [3.63, 3.8) is 0 Å². The molecule has 1 aromatic heterocycles. The highest BCUT2D eigenvalue weighted by Gasteiger charge is 2.28. The topological polar surface area (TPSA) is 65.8 Å². The molecule has 0 atom stereocenters. The van der Waals surface area contributed by atoms with Crippen molar-refractivity contribution in [3.05, 3.63) is 28.5 Å². The lowest BCUT2D eigenvalue weighted by atomic mass is 9.84. The molecule has 0 aromatic carbocycles. The maximum atomic E-state index is 12.8. The lowest BCUT2D eigenvalue weighted by Gasteiger charge is -2.30. The minimum absolute atomic E-state index is 0.258. The van der Waals surface area contributed by atoms with E-state index in [4.69, 9.17) is 5.73 Å². The van der Waals surface area contributed by atoms with Crippen LogP contribution in [0.5, 0.6) is 0 Å². The third-order valence-corrected chi connectivity index (χ3v) is 5.50. The van der Waals surface area contributed by atoms with Gasteiger partial charge in [-0.05, 0) is 26.2 Å². The molecule has 26 heavy (non-hydrogen) atoms. The van der Waals surface area contributed by atoms with Crippen LogP contribution in [0.3, 0.4) is 0 Å². The van der Waals surface area contributed by atoms with E-state index < -0.39 is 11.6 Å². The van der Waals surface area contributed by atoms with E-state index in [2.05, 4.69) is 5.10 Å². The van der Waals surface area contributed by atoms with Crippen molar-refractivity contribution in [1.29, 1.82) is 0 Å². The van der Waals surface area contributed by atoms with Crippen molar-refractivity contribution in [2.24, 2.45) is 11.7 Å². The smallest absolute Gasteiger partial charge is 0.327 e. The second kappa shape index (κ2) is 9.44. The Kier molecular flexibility index (Phi) is 7.55. The Bertz CT molecular complexity index is 649. The molecule has 148 valence electrons. The van der Waals surface area contributed by atoms with Gasteiger partial charge in [-0.15, -0.1) is 0 Å². The molecule has 2 N–H and O–H groups in total. The predicted molar refractivity (Wildman–Crippen MR) is 99.1 cm³/mol. The number of nitrogens with two attached hydrogens (primary N) is 1. The maximum Gasteiger partial charge on any atom is 0.346 e. The molecule has 5 nitrogen and oxygen atoms in total. The lowest BCUT2D eigenvalue weighted by Crippen LogP contribution is -2.38. The van der Waals surface area contributed by atoms with Gasteiger partial charge in [-0.1, -0.05) is 51.4 Å². The Hall–Kier alpha value is -1.50. The molecule has 1 saturated carbocycles. The molecule has 1 fully saturated rings. The number of hydrogen-bond donors (Lipinski definition) is 1. The van der Waals surface area contributed by atoms with Crippen molar-refractivity contribution < 1.29 is 8.78 Å². The molecule has 1 aromatic rings. The molecule has 2 rings (SSSR count). The average molecular weight is 370 g/mol. The highest BCUT2D eigenvalue weighted by Crippen LogP contribution is 2.31. The average Bonchev–Trinajstić information content (AvgIpc) is 3.00. The third kappa shape index (κ3) is 5.50. The summed E-state index contributed by atoms with van der Waals surface area (Å²) in [5.41, 5.74) is 4.33. The first-order valence-corrected chi connectivity index (χ1v) is 9.73. The normalized spacial score (nSPS) is 17.4. The van der Waals surface area contributed by atoms with Crippen LogP contribution in [0, 0.1) is 5.92 Å². The standard InChI is InChI=1S/C19H32F2N4O/c1-19(2,11-15-9-7-5-3-4-6-8-10-15)24-14-23-25(18(24)26)13-16(12-22)17(20)21/h14-15H,3-13,22H2,1-2H3. The number of aromatic nitrogens is 3. The zero-order valence-corrected chi connectivity index (χ0v) is 16.0. The number of rotatable bonds is 6. The SMILES string of the molecule is CC(C)(CC1CCCCCCCC1)n1cnn(CC(CN)=C(F)F)c1=O. The Morgan fingerprint density at radius 1 is 1.19 bits per heavy atom. The van der Waals surface area contributed by atoms with E-state index >= 15 is 0 Å². The predicted octanol–water partition coefficient (Wildman–Crippen LogP) is 4.03. The Morgan fingerprint density at radius 3 is 2.31 bits per heavy atom. The Labute approximate surface area is 154 Å². The molecule has 0 unspecified atom stereocenters. The van der Waals surface area contributed by atoms with E-state index in [0.29, 0.717) is 5.92 Å². The molecule has 1 aliphatic rings. The van der Waals surface area contributed by atoms with Crippen LogP contribution in [0.4, 0.5) is 8.78 Å². The lowest BCUT2D eigenvalue weighted by molar-refractivity contribution is 0.236. The van der Waals surface area contributed by atoms with Gasteiger partial charge in [-0.3, -0.25) is 4.57 Å². The van der Waals surface area contributed by atoms with Gasteiger partial charge in [0.1, 0.15) is 6.33 Å². The molecule has 1 aliphatic carbocycles. The summed E-state index contributed by atoms with van der Waals surface area (Å²) >= 11 is 0. The number of nitrogens with zero attached hydrogens (tertiary/aromatic N) is 3. The van der Waals surface area contributed by atoms with E-state index in [9.17, 15) is 13.6 Å². The molecular weight excluding hydrogens is 338 g/mol. The summed E-state index contributed by atoms with van der Waals surface area (Å²) in [5.74, 6) is 0.584. The van der Waals surface area contributed by atoms with Crippen molar-refractivity contribution in [2.45, 2.75) is 83.7 Å². The zero-order chi connectivity index (χ0) is 19.2. The van der Waals surface area contributed by atoms with Crippen molar-refractivity contribution in [1.82, 2.24) is 14.3 Å². The van der Waals surface area contributed by atoms with Crippen LogP contribution >= 0.6 is 0 Å². The fraction of sp³-hybridized carbons (Fsp3) is 0.789. The Balaban J connectivity index is 2.13. The van der Waals surface area contributed by atoms with Gasteiger partial charge in [0, 0.05) is 17.7 Å².